The summed E-state index contributed by atoms with van der Waals surface area (Å²) in [6.07, 6.45) is 0. The number of benzene rings is 2. The maximum absolute atomic E-state index is 12.7. The van der Waals surface area contributed by atoms with Gasteiger partial charge in [0.15, 0.2) is 10.9 Å². The van der Waals surface area contributed by atoms with Crippen LogP contribution >= 0.6 is 11.8 Å². The van der Waals surface area contributed by atoms with Crippen molar-refractivity contribution in [3.8, 4) is 11.5 Å². The zero-order valence-electron chi connectivity index (χ0n) is 14.2. The molecule has 0 radical (unpaired) electrons. The molecule has 0 amide bonds. The third kappa shape index (κ3) is 2.78. The van der Waals surface area contributed by atoms with Crippen LogP contribution in [-0.4, -0.2) is 45.3 Å². The van der Waals surface area contributed by atoms with Crippen molar-refractivity contribution in [3.05, 3.63) is 48.0 Å². The molecule has 2 aromatic heterocycles. The molecule has 0 aliphatic heterocycles. The molecule has 0 aliphatic carbocycles. The van der Waals surface area contributed by atoms with E-state index in [-0.39, 0.29) is 11.5 Å². The molecule has 4 rings (SSSR count). The first-order chi connectivity index (χ1) is 12.7. The number of ether oxygens (including phenoxy) is 2. The minimum Gasteiger partial charge on any atom is -0.497 e. The fourth-order valence-electron chi connectivity index (χ4n) is 2.78. The quantitative estimate of drug-likeness (QED) is 0.416. The van der Waals surface area contributed by atoms with Gasteiger partial charge in [-0.15, -0.1) is 5.10 Å². The lowest BCUT2D eigenvalue weighted by molar-refractivity contribution is 0.101. The Labute approximate surface area is 153 Å². The fraction of sp³-hybridized carbons (Fsp3) is 0.167. The smallest absolute Gasteiger partial charge is 0.231 e. The highest BCUT2D eigenvalue weighted by Gasteiger charge is 2.17. The fourth-order valence-corrected chi connectivity index (χ4v) is 3.62. The predicted molar refractivity (Wildman–Crippen MR) is 99.4 cm³/mol. The number of aromatic nitrogens is 4. The lowest BCUT2D eigenvalue weighted by atomic mass is 10.1. The van der Waals surface area contributed by atoms with Gasteiger partial charge in [-0.2, -0.15) is 0 Å². The summed E-state index contributed by atoms with van der Waals surface area (Å²) >= 11 is 1.35. The molecule has 1 N–H and O–H groups in total. The van der Waals surface area contributed by atoms with Gasteiger partial charge in [0, 0.05) is 6.07 Å². The first kappa shape index (κ1) is 16.5. The molecule has 0 fully saturated rings. The second kappa shape index (κ2) is 6.72. The Balaban J connectivity index is 1.59. The van der Waals surface area contributed by atoms with E-state index in [4.69, 9.17) is 9.47 Å². The van der Waals surface area contributed by atoms with E-state index < -0.39 is 0 Å². The largest absolute Gasteiger partial charge is 0.497 e. The van der Waals surface area contributed by atoms with E-state index >= 15 is 0 Å². The number of imidazole rings is 1. The topological polar surface area (TPSA) is 81.5 Å². The zero-order valence-corrected chi connectivity index (χ0v) is 15.0. The average Bonchev–Trinajstić information content (AvgIpc) is 3.24. The molecular formula is C18H16N4O3S. The maximum Gasteiger partial charge on any atom is 0.231 e. The van der Waals surface area contributed by atoms with Crippen LogP contribution < -0.4 is 9.47 Å². The molecule has 0 saturated heterocycles. The van der Waals surface area contributed by atoms with Crippen molar-refractivity contribution in [1.29, 1.82) is 0 Å². The predicted octanol–water partition coefficient (Wildman–Crippen LogP) is 3.20. The number of fused-ring (bicyclic) bond motifs is 3. The number of nitrogens with one attached hydrogen (secondary N) is 1. The molecule has 2 aromatic carbocycles. The third-order valence-electron chi connectivity index (χ3n) is 4.05. The second-order valence-corrected chi connectivity index (χ2v) is 6.49. The van der Waals surface area contributed by atoms with E-state index in [2.05, 4.69) is 15.2 Å². The number of aromatic amines is 1. The van der Waals surface area contributed by atoms with Crippen LogP contribution in [0.15, 0.2) is 47.6 Å². The normalized spacial score (nSPS) is 11.2. The number of rotatable bonds is 6. The van der Waals surface area contributed by atoms with Crippen LogP contribution in [0.25, 0.3) is 16.8 Å². The highest BCUT2D eigenvalue weighted by Crippen LogP contribution is 2.28. The van der Waals surface area contributed by atoms with Crippen LogP contribution in [0.2, 0.25) is 0 Å². The molecule has 0 saturated carbocycles. The van der Waals surface area contributed by atoms with Crippen molar-refractivity contribution in [2.45, 2.75) is 5.16 Å². The molecule has 0 bridgehead atoms. The number of nitrogens with zero attached hydrogens (tertiary/aromatic N) is 3. The van der Waals surface area contributed by atoms with Crippen LogP contribution in [0.4, 0.5) is 0 Å². The van der Waals surface area contributed by atoms with Gasteiger partial charge in [0.05, 0.1) is 36.6 Å². The standard InChI is InChI=1S/C18H16N4O3S/c1-24-11-7-8-12(16(9-11)25-2)15(23)10-26-18-21-20-17-19-13-5-3-4-6-14(13)22(17)18/h3-9H,10H2,1-2H3,(H,19,20). The summed E-state index contributed by atoms with van der Waals surface area (Å²) in [6.45, 7) is 0. The molecule has 7 nitrogen and oxygen atoms in total. The van der Waals surface area contributed by atoms with E-state index in [1.807, 2.05) is 28.7 Å². The van der Waals surface area contributed by atoms with Crippen LogP contribution in [0, 0.1) is 0 Å². The van der Waals surface area contributed by atoms with Gasteiger partial charge in [-0.25, -0.2) is 10.1 Å². The van der Waals surface area contributed by atoms with Gasteiger partial charge in [0.2, 0.25) is 5.78 Å². The molecule has 2 heterocycles. The number of carbonyl (C=O) groups is 1. The summed E-state index contributed by atoms with van der Waals surface area (Å²) < 4.78 is 12.4. The minimum atomic E-state index is -0.0462. The molecule has 8 heteroatoms. The Morgan fingerprint density at radius 3 is 2.85 bits per heavy atom. The highest BCUT2D eigenvalue weighted by atomic mass is 32.2. The van der Waals surface area contributed by atoms with E-state index in [0.717, 1.165) is 11.0 Å². The molecule has 0 aliphatic rings. The van der Waals surface area contributed by atoms with Gasteiger partial charge < -0.3 is 9.47 Å². The summed E-state index contributed by atoms with van der Waals surface area (Å²) in [5, 5.41) is 7.87. The minimum absolute atomic E-state index is 0.0462. The number of thioether (sulfide) groups is 1. The average molecular weight is 368 g/mol. The Bertz CT molecular complexity index is 1100. The van der Waals surface area contributed by atoms with Crippen LogP contribution in [0.3, 0.4) is 0 Å². The Hall–Kier alpha value is -3.00. The van der Waals surface area contributed by atoms with Gasteiger partial charge in [0.1, 0.15) is 11.5 Å². The van der Waals surface area contributed by atoms with Gasteiger partial charge in [-0.05, 0) is 24.3 Å². The number of Topliss-reactive ketones (excluding diaryl/α,β-unsaturated/α-hetero) is 1. The lowest BCUT2D eigenvalue weighted by Gasteiger charge is -2.09. The SMILES string of the molecule is COc1ccc(C(=O)CSc2n[nH]c3nc4ccccc4n23)c(OC)c1. The van der Waals surface area contributed by atoms with Crippen molar-refractivity contribution in [2.24, 2.45) is 0 Å². The lowest BCUT2D eigenvalue weighted by Crippen LogP contribution is -2.06. The van der Waals surface area contributed by atoms with Gasteiger partial charge in [0.25, 0.3) is 0 Å². The van der Waals surface area contributed by atoms with Gasteiger partial charge >= 0.3 is 0 Å². The van der Waals surface area contributed by atoms with Crippen LogP contribution in [-0.2, 0) is 0 Å². The molecule has 0 spiro atoms. The van der Waals surface area contributed by atoms with Crippen molar-refractivity contribution in [2.75, 3.05) is 20.0 Å². The molecule has 0 unspecified atom stereocenters. The number of H-pyrrole nitrogens is 1. The van der Waals surface area contributed by atoms with Crippen molar-refractivity contribution in [1.82, 2.24) is 19.6 Å². The monoisotopic (exact) mass is 368 g/mol. The van der Waals surface area contributed by atoms with Crippen molar-refractivity contribution >= 4 is 34.4 Å². The molecule has 132 valence electrons. The highest BCUT2D eigenvalue weighted by molar-refractivity contribution is 7.99. The number of hydrogen-bond donors (Lipinski definition) is 1. The number of methoxy groups -OCH3 is 2. The molecule has 26 heavy (non-hydrogen) atoms. The molecule has 0 atom stereocenters. The van der Waals surface area contributed by atoms with E-state index in [1.165, 1.54) is 18.9 Å². The second-order valence-electron chi connectivity index (χ2n) is 5.54. The van der Waals surface area contributed by atoms with Crippen LogP contribution in [0.1, 0.15) is 10.4 Å². The summed E-state index contributed by atoms with van der Waals surface area (Å²) in [7, 11) is 3.11. The molecule has 4 aromatic rings. The number of para-hydroxylation sites is 2. The number of carbonyl (C=O) groups excluding carboxylic acids is 1. The van der Waals surface area contributed by atoms with Crippen LogP contribution in [0.5, 0.6) is 11.5 Å². The van der Waals surface area contributed by atoms with Gasteiger partial charge in [-0.1, -0.05) is 23.9 Å². The van der Waals surface area contributed by atoms with Crippen molar-refractivity contribution < 1.29 is 14.3 Å². The van der Waals surface area contributed by atoms with E-state index in [9.17, 15) is 4.79 Å². The first-order valence-corrected chi connectivity index (χ1v) is 8.89. The Morgan fingerprint density at radius 2 is 2.04 bits per heavy atom. The summed E-state index contributed by atoms with van der Waals surface area (Å²) in [5.74, 6) is 1.98. The summed E-state index contributed by atoms with van der Waals surface area (Å²) in [6, 6.07) is 13.0. The van der Waals surface area contributed by atoms with Gasteiger partial charge in [-0.3, -0.25) is 9.20 Å². The maximum atomic E-state index is 12.7. The number of hydrogen-bond acceptors (Lipinski definition) is 6. The summed E-state index contributed by atoms with van der Waals surface area (Å²) in [4.78, 5) is 17.1. The Morgan fingerprint density at radius 1 is 1.19 bits per heavy atom. The summed E-state index contributed by atoms with van der Waals surface area (Å²) in [5.41, 5.74) is 2.35. The molecular weight excluding hydrogens is 352 g/mol. The third-order valence-corrected chi connectivity index (χ3v) is 4.98. The van der Waals surface area contributed by atoms with Crippen molar-refractivity contribution in [3.63, 3.8) is 0 Å². The zero-order chi connectivity index (χ0) is 18.1. The Kier molecular flexibility index (Phi) is 4.26. The number of ketones is 1. The van der Waals surface area contributed by atoms with E-state index in [0.29, 0.717) is 28.0 Å². The van der Waals surface area contributed by atoms with E-state index in [1.54, 1.807) is 25.3 Å². The first-order valence-electron chi connectivity index (χ1n) is 7.91.